The molecular formula is C35H32FN5O5. The minimum atomic E-state index is -0.694. The molecule has 2 aromatic heterocycles. The van der Waals surface area contributed by atoms with Crippen molar-refractivity contribution >= 4 is 60.7 Å². The smallest absolute Gasteiger partial charge is 0.259 e. The van der Waals surface area contributed by atoms with E-state index < -0.39 is 17.2 Å². The highest BCUT2D eigenvalue weighted by molar-refractivity contribution is 6.08. The van der Waals surface area contributed by atoms with Crippen molar-refractivity contribution in [2.24, 2.45) is 5.73 Å². The highest BCUT2D eigenvalue weighted by Gasteiger charge is 2.29. The molecule has 2 saturated heterocycles. The van der Waals surface area contributed by atoms with E-state index in [1.54, 1.807) is 34.7 Å². The van der Waals surface area contributed by atoms with Crippen LogP contribution in [0.3, 0.4) is 0 Å². The van der Waals surface area contributed by atoms with Crippen LogP contribution >= 0.6 is 0 Å². The van der Waals surface area contributed by atoms with Crippen molar-refractivity contribution in [2.45, 2.75) is 37.8 Å². The van der Waals surface area contributed by atoms with Crippen LogP contribution in [-0.4, -0.2) is 65.4 Å². The topological polar surface area (TPSA) is 130 Å². The number of benzene rings is 4. The van der Waals surface area contributed by atoms with E-state index in [1.165, 1.54) is 17.2 Å². The molecule has 2 aliphatic heterocycles. The Morgan fingerprint density at radius 1 is 0.978 bits per heavy atom. The number of carbonyl (C=O) groups excluding carboxylic acids is 1. The average molecular weight is 622 g/mol. The van der Waals surface area contributed by atoms with Crippen molar-refractivity contribution in [3.63, 3.8) is 0 Å². The number of nitrogens with zero attached hydrogens (tertiary/aromatic N) is 3. The van der Waals surface area contributed by atoms with Crippen LogP contribution in [-0.2, 0) is 0 Å². The lowest BCUT2D eigenvalue weighted by molar-refractivity contribution is 0.0789. The van der Waals surface area contributed by atoms with Crippen LogP contribution in [0.25, 0.3) is 49.1 Å². The largest absolute Gasteiger partial charge is 0.451 e. The van der Waals surface area contributed by atoms with E-state index >= 15 is 4.39 Å². The molecule has 2 fully saturated rings. The van der Waals surface area contributed by atoms with Gasteiger partial charge >= 0.3 is 0 Å². The van der Waals surface area contributed by atoms with Crippen LogP contribution in [0.4, 0.5) is 10.1 Å². The predicted molar refractivity (Wildman–Crippen MR) is 177 cm³/mol. The number of carbonyl (C=O) groups is 1. The van der Waals surface area contributed by atoms with Gasteiger partial charge in [0, 0.05) is 59.5 Å². The molecule has 2 aliphatic rings. The second kappa shape index (κ2) is 10.6. The van der Waals surface area contributed by atoms with Crippen molar-refractivity contribution in [1.29, 1.82) is 0 Å². The summed E-state index contributed by atoms with van der Waals surface area (Å²) in [5.74, 6) is -1.19. The van der Waals surface area contributed by atoms with Crippen molar-refractivity contribution in [3.8, 4) is 0 Å². The van der Waals surface area contributed by atoms with Gasteiger partial charge in [-0.05, 0) is 57.5 Å². The quantitative estimate of drug-likeness (QED) is 0.219. The Labute approximate surface area is 261 Å². The third-order valence-corrected chi connectivity index (χ3v) is 9.86. The van der Waals surface area contributed by atoms with Gasteiger partial charge < -0.3 is 29.7 Å². The number of nitrogens with one attached hydrogen (secondary N) is 1. The molecule has 10 nitrogen and oxygen atoms in total. The molecule has 2 unspecified atom stereocenters. The summed E-state index contributed by atoms with van der Waals surface area (Å²) >= 11 is 0. The maximum Gasteiger partial charge on any atom is 0.259 e. The SMILES string of the molecule is CN1CCCC1CCNc1c(F)cc2c(=O)c(C(=O)N3CCC(N)C3)cn3c4cc5c(=O)c6ccccc6c(=O)c5cc4oc1c23. The van der Waals surface area contributed by atoms with E-state index in [0.717, 1.165) is 31.9 Å². The van der Waals surface area contributed by atoms with Crippen LogP contribution in [0.15, 0.2) is 67.5 Å². The zero-order valence-electron chi connectivity index (χ0n) is 25.3. The fraction of sp³-hybridized carbons (Fsp3) is 0.314. The Bertz CT molecular complexity index is 2420. The highest BCUT2D eigenvalue weighted by Crippen LogP contribution is 2.35. The van der Waals surface area contributed by atoms with Crippen LogP contribution in [0.1, 0.15) is 36.0 Å². The first kappa shape index (κ1) is 28.6. The number of nitrogens with two attached hydrogens (primary N) is 1. The number of hydrogen-bond acceptors (Lipinski definition) is 8. The van der Waals surface area contributed by atoms with Gasteiger partial charge in [0.05, 0.1) is 10.9 Å². The lowest BCUT2D eigenvalue weighted by atomic mass is 10.0. The lowest BCUT2D eigenvalue weighted by Gasteiger charge is -2.21. The fourth-order valence-corrected chi connectivity index (χ4v) is 7.38. The van der Waals surface area contributed by atoms with Crippen LogP contribution in [0.2, 0.25) is 0 Å². The molecule has 0 radical (unpaired) electrons. The Balaban J connectivity index is 1.41. The first-order valence-corrected chi connectivity index (χ1v) is 15.7. The van der Waals surface area contributed by atoms with Gasteiger partial charge in [0.2, 0.25) is 5.43 Å². The second-order valence-electron chi connectivity index (χ2n) is 12.7. The van der Waals surface area contributed by atoms with Gasteiger partial charge in [0.25, 0.3) is 5.91 Å². The number of aromatic nitrogens is 1. The summed E-state index contributed by atoms with van der Waals surface area (Å²) in [6.45, 7) is 2.19. The molecule has 0 bridgehead atoms. The molecular weight excluding hydrogens is 589 g/mol. The summed E-state index contributed by atoms with van der Waals surface area (Å²) < 4.78 is 24.0. The van der Waals surface area contributed by atoms with Crippen LogP contribution in [0, 0.1) is 5.82 Å². The van der Waals surface area contributed by atoms with Gasteiger partial charge in [0.1, 0.15) is 16.8 Å². The maximum atomic E-state index is 16.0. The van der Waals surface area contributed by atoms with Gasteiger partial charge in [-0.15, -0.1) is 0 Å². The summed E-state index contributed by atoms with van der Waals surface area (Å²) in [4.78, 5) is 58.5. The summed E-state index contributed by atoms with van der Waals surface area (Å²) in [7, 11) is 2.08. The summed E-state index contributed by atoms with van der Waals surface area (Å²) in [6, 6.07) is 11.0. The van der Waals surface area contributed by atoms with Gasteiger partial charge in [-0.3, -0.25) is 19.2 Å². The number of likely N-dealkylation sites (tertiary alicyclic amines) is 2. The molecule has 6 aromatic rings. The molecule has 234 valence electrons. The van der Waals surface area contributed by atoms with E-state index in [2.05, 4.69) is 17.3 Å². The third-order valence-electron chi connectivity index (χ3n) is 9.86. The van der Waals surface area contributed by atoms with E-state index in [-0.39, 0.29) is 61.0 Å². The molecule has 46 heavy (non-hydrogen) atoms. The predicted octanol–water partition coefficient (Wildman–Crippen LogP) is 3.87. The molecule has 0 aliphatic carbocycles. The monoisotopic (exact) mass is 621 g/mol. The first-order valence-electron chi connectivity index (χ1n) is 15.7. The number of anilines is 1. The summed E-state index contributed by atoms with van der Waals surface area (Å²) in [5.41, 5.74) is 5.62. The van der Waals surface area contributed by atoms with E-state index in [0.29, 0.717) is 48.4 Å². The fourth-order valence-electron chi connectivity index (χ4n) is 7.38. The Morgan fingerprint density at radius 2 is 1.72 bits per heavy atom. The van der Waals surface area contributed by atoms with Gasteiger partial charge in [-0.1, -0.05) is 24.3 Å². The molecule has 4 heterocycles. The van der Waals surface area contributed by atoms with E-state index in [1.807, 2.05) is 0 Å². The molecule has 0 spiro atoms. The molecule has 0 saturated carbocycles. The highest BCUT2D eigenvalue weighted by atomic mass is 19.1. The first-order chi connectivity index (χ1) is 22.2. The van der Waals surface area contributed by atoms with Crippen LogP contribution < -0.4 is 27.3 Å². The molecule has 11 heteroatoms. The Kier molecular flexibility index (Phi) is 6.59. The minimum absolute atomic E-state index is 0.0287. The normalized spacial score (nSPS) is 19.1. The number of amides is 1. The summed E-state index contributed by atoms with van der Waals surface area (Å²) in [5, 5.41) is 4.12. The van der Waals surface area contributed by atoms with Crippen molar-refractivity contribution in [2.75, 3.05) is 38.5 Å². The third kappa shape index (κ3) is 4.29. The second-order valence-corrected chi connectivity index (χ2v) is 12.7. The Hall–Kier alpha value is -4.87. The minimum Gasteiger partial charge on any atom is -0.451 e. The molecule has 3 N–H and O–H groups in total. The molecule has 4 aromatic carbocycles. The zero-order chi connectivity index (χ0) is 31.9. The number of rotatable bonds is 5. The summed E-state index contributed by atoms with van der Waals surface area (Å²) in [6.07, 6.45) is 5.01. The van der Waals surface area contributed by atoms with E-state index in [4.69, 9.17) is 10.2 Å². The average Bonchev–Trinajstić information content (AvgIpc) is 3.68. The zero-order valence-corrected chi connectivity index (χ0v) is 25.3. The Morgan fingerprint density at radius 3 is 2.39 bits per heavy atom. The lowest BCUT2D eigenvalue weighted by Crippen LogP contribution is -2.35. The van der Waals surface area contributed by atoms with Gasteiger partial charge in [-0.25, -0.2) is 4.39 Å². The van der Waals surface area contributed by atoms with Crippen molar-refractivity contribution in [3.05, 3.63) is 90.7 Å². The van der Waals surface area contributed by atoms with Crippen LogP contribution in [0.5, 0.6) is 0 Å². The number of halogens is 1. The maximum absolute atomic E-state index is 16.0. The van der Waals surface area contributed by atoms with Crippen molar-refractivity contribution in [1.82, 2.24) is 14.2 Å². The standard InChI is InChI=1S/C35H32FN5O5/c1-39-11-4-5-19(39)8-10-38-29-26(36)13-24-30-34(29)46-28-15-23-22(31(42)20-6-2-3-7-21(20)32(23)43)14-27(28)41(30)17-25(33(24)44)35(45)40-12-9-18(37)16-40/h2-3,6-7,13-15,17-19,38H,4-5,8-12,16,37H2,1H3. The number of pyridine rings is 1. The van der Waals surface area contributed by atoms with Gasteiger partial charge in [-0.2, -0.15) is 0 Å². The van der Waals surface area contributed by atoms with Crippen molar-refractivity contribution < 1.29 is 13.6 Å². The number of hydrogen-bond donors (Lipinski definition) is 2. The molecule has 1 amide bonds. The molecule has 2 atom stereocenters. The number of fused-ring (bicyclic) bond motifs is 4. The molecule has 8 rings (SSSR count). The van der Waals surface area contributed by atoms with E-state index in [9.17, 15) is 19.2 Å². The van der Waals surface area contributed by atoms with Gasteiger partial charge in [0.15, 0.2) is 27.8 Å².